The topological polar surface area (TPSA) is 88.8 Å². The zero-order valence-electron chi connectivity index (χ0n) is 9.56. The Labute approximate surface area is 98.6 Å². The normalized spacial score (nSPS) is 10.2. The molecule has 1 rings (SSSR count). The average Bonchev–Trinajstić information content (AvgIpc) is 2.75. The molecule has 0 atom stereocenters. The molecule has 1 amide bonds. The molecular formula is C11H15NO5. The van der Waals surface area contributed by atoms with Gasteiger partial charge in [-0.2, -0.15) is 0 Å². The second-order valence-electron chi connectivity index (χ2n) is 3.29. The van der Waals surface area contributed by atoms with E-state index in [9.17, 15) is 9.59 Å². The Morgan fingerprint density at radius 1 is 1.47 bits per heavy atom. The van der Waals surface area contributed by atoms with Crippen molar-refractivity contribution in [1.29, 1.82) is 0 Å². The Morgan fingerprint density at radius 3 is 2.82 bits per heavy atom. The number of carbonyl (C=O) groups excluding carboxylic acids is 1. The molecule has 6 nitrogen and oxygen atoms in total. The van der Waals surface area contributed by atoms with E-state index in [0.29, 0.717) is 19.0 Å². The minimum absolute atomic E-state index is 0.136. The fourth-order valence-corrected chi connectivity index (χ4v) is 1.17. The van der Waals surface area contributed by atoms with Crippen LogP contribution in [0.5, 0.6) is 0 Å². The number of carboxylic acid groups (broad SMARTS) is 1. The van der Waals surface area contributed by atoms with Crippen LogP contribution in [0.2, 0.25) is 0 Å². The highest BCUT2D eigenvalue weighted by Gasteiger charge is 2.09. The molecule has 0 aliphatic heterocycles. The van der Waals surface area contributed by atoms with Crippen molar-refractivity contribution in [2.75, 3.05) is 13.2 Å². The standard InChI is InChI=1S/C11H15NO5/c1-2-16-6-5-10(13)12-7-8-3-4-9(17-8)11(14)15/h3-4H,2,5-7H2,1H3,(H,12,13)(H,14,15). The third-order valence-corrected chi connectivity index (χ3v) is 2.01. The second-order valence-corrected chi connectivity index (χ2v) is 3.29. The lowest BCUT2D eigenvalue weighted by Gasteiger charge is -2.03. The molecular weight excluding hydrogens is 226 g/mol. The highest BCUT2D eigenvalue weighted by Crippen LogP contribution is 2.07. The van der Waals surface area contributed by atoms with Gasteiger partial charge in [-0.1, -0.05) is 0 Å². The summed E-state index contributed by atoms with van der Waals surface area (Å²) in [5.74, 6) is -1.01. The zero-order valence-corrected chi connectivity index (χ0v) is 9.56. The van der Waals surface area contributed by atoms with Gasteiger partial charge in [-0.05, 0) is 19.1 Å². The van der Waals surface area contributed by atoms with Crippen molar-refractivity contribution < 1.29 is 23.8 Å². The highest BCUT2D eigenvalue weighted by atomic mass is 16.5. The number of carbonyl (C=O) groups is 2. The summed E-state index contributed by atoms with van der Waals surface area (Å²) in [6, 6.07) is 2.87. The van der Waals surface area contributed by atoms with E-state index in [1.807, 2.05) is 6.92 Å². The predicted molar refractivity (Wildman–Crippen MR) is 58.6 cm³/mol. The van der Waals surface area contributed by atoms with Gasteiger partial charge in [0.05, 0.1) is 13.2 Å². The number of hydrogen-bond donors (Lipinski definition) is 2. The smallest absolute Gasteiger partial charge is 0.371 e. The van der Waals surface area contributed by atoms with Gasteiger partial charge < -0.3 is 19.6 Å². The van der Waals surface area contributed by atoms with Crippen molar-refractivity contribution in [2.24, 2.45) is 0 Å². The molecule has 2 N–H and O–H groups in total. The third kappa shape index (κ3) is 4.69. The lowest BCUT2D eigenvalue weighted by Crippen LogP contribution is -2.23. The maximum Gasteiger partial charge on any atom is 0.371 e. The lowest BCUT2D eigenvalue weighted by atomic mass is 10.4. The summed E-state index contributed by atoms with van der Waals surface area (Å²) in [7, 11) is 0. The van der Waals surface area contributed by atoms with E-state index < -0.39 is 5.97 Å². The van der Waals surface area contributed by atoms with Gasteiger partial charge in [0.1, 0.15) is 5.76 Å². The molecule has 1 aromatic heterocycles. The van der Waals surface area contributed by atoms with Crippen LogP contribution in [-0.4, -0.2) is 30.2 Å². The van der Waals surface area contributed by atoms with Crippen LogP contribution in [0.3, 0.4) is 0 Å². The van der Waals surface area contributed by atoms with E-state index in [1.54, 1.807) is 0 Å². The second kappa shape index (κ2) is 6.70. The molecule has 94 valence electrons. The van der Waals surface area contributed by atoms with Gasteiger partial charge >= 0.3 is 5.97 Å². The molecule has 0 aliphatic carbocycles. The van der Waals surface area contributed by atoms with Crippen LogP contribution >= 0.6 is 0 Å². The van der Waals surface area contributed by atoms with E-state index in [4.69, 9.17) is 14.3 Å². The number of carboxylic acids is 1. The molecule has 6 heteroatoms. The number of ether oxygens (including phenoxy) is 1. The van der Waals surface area contributed by atoms with Crippen molar-refractivity contribution >= 4 is 11.9 Å². The van der Waals surface area contributed by atoms with Crippen LogP contribution in [0.1, 0.15) is 29.7 Å². The molecule has 0 fully saturated rings. The van der Waals surface area contributed by atoms with Crippen molar-refractivity contribution in [1.82, 2.24) is 5.32 Å². The van der Waals surface area contributed by atoms with Crippen LogP contribution in [-0.2, 0) is 16.1 Å². The first-order valence-electron chi connectivity index (χ1n) is 5.30. The molecule has 17 heavy (non-hydrogen) atoms. The quantitative estimate of drug-likeness (QED) is 0.696. The number of furan rings is 1. The highest BCUT2D eigenvalue weighted by molar-refractivity contribution is 5.84. The van der Waals surface area contributed by atoms with Gasteiger partial charge in [0, 0.05) is 13.0 Å². The lowest BCUT2D eigenvalue weighted by molar-refractivity contribution is -0.122. The van der Waals surface area contributed by atoms with E-state index in [0.717, 1.165) is 0 Å². The first kappa shape index (κ1) is 13.2. The number of nitrogens with one attached hydrogen (secondary N) is 1. The molecule has 0 aromatic carbocycles. The molecule has 0 aliphatic rings. The summed E-state index contributed by atoms with van der Waals surface area (Å²) in [5, 5.41) is 11.2. The molecule has 0 spiro atoms. The van der Waals surface area contributed by atoms with Gasteiger partial charge in [-0.25, -0.2) is 4.79 Å². The zero-order chi connectivity index (χ0) is 12.7. The Balaban J connectivity index is 2.29. The molecule has 0 unspecified atom stereocenters. The van der Waals surface area contributed by atoms with Gasteiger partial charge in [0.25, 0.3) is 0 Å². The molecule has 1 heterocycles. The van der Waals surface area contributed by atoms with Crippen LogP contribution in [0.25, 0.3) is 0 Å². The van der Waals surface area contributed by atoms with E-state index in [2.05, 4.69) is 5.32 Å². The van der Waals surface area contributed by atoms with Crippen LogP contribution in [0.15, 0.2) is 16.5 Å². The molecule has 0 bridgehead atoms. The van der Waals surface area contributed by atoms with Gasteiger partial charge in [0.15, 0.2) is 0 Å². The van der Waals surface area contributed by atoms with Gasteiger partial charge in [0.2, 0.25) is 11.7 Å². The maximum atomic E-state index is 11.3. The molecule has 1 aromatic rings. The van der Waals surface area contributed by atoms with Crippen molar-refractivity contribution in [2.45, 2.75) is 19.9 Å². The number of hydrogen-bond acceptors (Lipinski definition) is 4. The minimum atomic E-state index is -1.13. The Kier molecular flexibility index (Phi) is 5.22. The number of aromatic carboxylic acids is 1. The van der Waals surface area contributed by atoms with Crippen molar-refractivity contribution in [3.05, 3.63) is 23.7 Å². The van der Waals surface area contributed by atoms with E-state index in [1.165, 1.54) is 12.1 Å². The first-order chi connectivity index (χ1) is 8.13. The summed E-state index contributed by atoms with van der Waals surface area (Å²) >= 11 is 0. The summed E-state index contributed by atoms with van der Waals surface area (Å²) in [4.78, 5) is 21.8. The predicted octanol–water partition coefficient (Wildman–Crippen LogP) is 1.02. The fraction of sp³-hybridized carbons (Fsp3) is 0.455. The largest absolute Gasteiger partial charge is 0.475 e. The fourth-order valence-electron chi connectivity index (χ4n) is 1.17. The monoisotopic (exact) mass is 241 g/mol. The molecule has 0 saturated heterocycles. The first-order valence-corrected chi connectivity index (χ1v) is 5.30. The maximum absolute atomic E-state index is 11.3. The number of amides is 1. The Bertz CT molecular complexity index is 385. The van der Waals surface area contributed by atoms with Crippen molar-refractivity contribution in [3.8, 4) is 0 Å². The summed E-state index contributed by atoms with van der Waals surface area (Å²) in [6.07, 6.45) is 0.278. The summed E-state index contributed by atoms with van der Waals surface area (Å²) in [5.41, 5.74) is 0. The van der Waals surface area contributed by atoms with Crippen LogP contribution in [0, 0.1) is 0 Å². The molecule has 0 saturated carbocycles. The van der Waals surface area contributed by atoms with Crippen LogP contribution < -0.4 is 5.32 Å². The van der Waals surface area contributed by atoms with Crippen molar-refractivity contribution in [3.63, 3.8) is 0 Å². The third-order valence-electron chi connectivity index (χ3n) is 2.01. The van der Waals surface area contributed by atoms with Crippen LogP contribution in [0.4, 0.5) is 0 Å². The average molecular weight is 241 g/mol. The molecule has 0 radical (unpaired) electrons. The Morgan fingerprint density at radius 2 is 2.24 bits per heavy atom. The van der Waals surface area contributed by atoms with Gasteiger partial charge in [-0.15, -0.1) is 0 Å². The van der Waals surface area contributed by atoms with E-state index in [-0.39, 0.29) is 24.6 Å². The summed E-state index contributed by atoms with van der Waals surface area (Å²) < 4.78 is 10.0. The van der Waals surface area contributed by atoms with Gasteiger partial charge in [-0.3, -0.25) is 4.79 Å². The number of rotatable bonds is 7. The Hall–Kier alpha value is -1.82. The SMILES string of the molecule is CCOCCC(=O)NCc1ccc(C(=O)O)o1. The minimum Gasteiger partial charge on any atom is -0.475 e. The van der Waals surface area contributed by atoms with E-state index >= 15 is 0 Å². The summed E-state index contributed by atoms with van der Waals surface area (Å²) in [6.45, 7) is 2.99.